The van der Waals surface area contributed by atoms with E-state index in [1.807, 2.05) is 24.3 Å². The molecule has 0 amide bonds. The van der Waals surface area contributed by atoms with Gasteiger partial charge in [-0.05, 0) is 35.4 Å². The summed E-state index contributed by atoms with van der Waals surface area (Å²) in [5.41, 5.74) is 8.55. The molecule has 3 aromatic rings. The molecule has 0 aliphatic heterocycles. The minimum Gasteiger partial charge on any atom is -0.339 e. The highest BCUT2D eigenvalue weighted by atomic mass is 19.1. The molecule has 0 atom stereocenters. The normalized spacial score (nSPS) is 10.8. The topological polar surface area (TPSA) is 64.9 Å². The number of hydrogen-bond acceptors (Lipinski definition) is 4. The van der Waals surface area contributed by atoms with Gasteiger partial charge < -0.3 is 10.3 Å². The summed E-state index contributed by atoms with van der Waals surface area (Å²) < 4.78 is 18.2. The molecule has 1 aromatic heterocycles. The SMILES string of the molecule is NCc1ccccc1Cc1nc(-c2ccc(F)cc2)no1. The summed E-state index contributed by atoms with van der Waals surface area (Å²) >= 11 is 0. The maximum atomic E-state index is 12.9. The van der Waals surface area contributed by atoms with Crippen molar-refractivity contribution in [3.63, 3.8) is 0 Å². The molecular weight excluding hydrogens is 269 g/mol. The Labute approximate surface area is 121 Å². The van der Waals surface area contributed by atoms with Crippen LogP contribution in [0.2, 0.25) is 0 Å². The Morgan fingerprint density at radius 1 is 1.00 bits per heavy atom. The van der Waals surface area contributed by atoms with E-state index in [9.17, 15) is 4.39 Å². The van der Waals surface area contributed by atoms with Gasteiger partial charge in [0.25, 0.3) is 0 Å². The van der Waals surface area contributed by atoms with Crippen LogP contribution in [0.1, 0.15) is 17.0 Å². The molecule has 106 valence electrons. The minimum atomic E-state index is -0.292. The largest absolute Gasteiger partial charge is 0.339 e. The van der Waals surface area contributed by atoms with Crippen molar-refractivity contribution in [1.29, 1.82) is 0 Å². The third kappa shape index (κ3) is 2.98. The lowest BCUT2D eigenvalue weighted by Crippen LogP contribution is -2.02. The van der Waals surface area contributed by atoms with Gasteiger partial charge in [-0.2, -0.15) is 4.98 Å². The van der Waals surface area contributed by atoms with Crippen molar-refractivity contribution < 1.29 is 8.91 Å². The van der Waals surface area contributed by atoms with Crippen molar-refractivity contribution in [1.82, 2.24) is 10.1 Å². The fourth-order valence-corrected chi connectivity index (χ4v) is 2.13. The van der Waals surface area contributed by atoms with Crippen LogP contribution in [-0.4, -0.2) is 10.1 Å². The van der Waals surface area contributed by atoms with E-state index >= 15 is 0 Å². The zero-order chi connectivity index (χ0) is 14.7. The first kappa shape index (κ1) is 13.5. The van der Waals surface area contributed by atoms with Crippen LogP contribution in [0.25, 0.3) is 11.4 Å². The number of nitrogens with zero attached hydrogens (tertiary/aromatic N) is 2. The van der Waals surface area contributed by atoms with Crippen molar-refractivity contribution >= 4 is 0 Å². The smallest absolute Gasteiger partial charge is 0.231 e. The van der Waals surface area contributed by atoms with E-state index < -0.39 is 0 Å². The molecule has 0 fully saturated rings. The molecule has 4 nitrogen and oxygen atoms in total. The number of aromatic nitrogens is 2. The van der Waals surface area contributed by atoms with Crippen molar-refractivity contribution in [3.05, 3.63) is 71.4 Å². The Kier molecular flexibility index (Phi) is 3.75. The van der Waals surface area contributed by atoms with E-state index in [1.54, 1.807) is 12.1 Å². The first-order valence-electron chi connectivity index (χ1n) is 6.61. The summed E-state index contributed by atoms with van der Waals surface area (Å²) in [5, 5.41) is 3.93. The lowest BCUT2D eigenvalue weighted by Gasteiger charge is -2.03. The molecule has 0 saturated heterocycles. The lowest BCUT2D eigenvalue weighted by molar-refractivity contribution is 0.385. The van der Waals surface area contributed by atoms with Crippen molar-refractivity contribution in [3.8, 4) is 11.4 Å². The van der Waals surface area contributed by atoms with E-state index in [-0.39, 0.29) is 5.82 Å². The Morgan fingerprint density at radius 2 is 1.71 bits per heavy atom. The number of halogens is 1. The number of hydrogen-bond donors (Lipinski definition) is 1. The predicted octanol–water partition coefficient (Wildman–Crippen LogP) is 2.93. The van der Waals surface area contributed by atoms with Crippen LogP contribution in [-0.2, 0) is 13.0 Å². The molecule has 0 aliphatic carbocycles. The van der Waals surface area contributed by atoms with E-state index in [0.29, 0.717) is 24.7 Å². The highest BCUT2D eigenvalue weighted by Crippen LogP contribution is 2.18. The van der Waals surface area contributed by atoms with Crippen LogP contribution in [0.15, 0.2) is 53.1 Å². The van der Waals surface area contributed by atoms with Gasteiger partial charge in [-0.1, -0.05) is 29.4 Å². The molecule has 2 N–H and O–H groups in total. The van der Waals surface area contributed by atoms with Crippen LogP contribution in [0.3, 0.4) is 0 Å². The standard InChI is InChI=1S/C16H14FN3O/c17-14-7-5-11(6-8-14)16-19-15(21-20-16)9-12-3-1-2-4-13(12)10-18/h1-8H,9-10,18H2. The highest BCUT2D eigenvalue weighted by Gasteiger charge is 2.10. The quantitative estimate of drug-likeness (QED) is 0.799. The third-order valence-electron chi connectivity index (χ3n) is 3.25. The zero-order valence-corrected chi connectivity index (χ0v) is 11.3. The summed E-state index contributed by atoms with van der Waals surface area (Å²) in [7, 11) is 0. The van der Waals surface area contributed by atoms with Gasteiger partial charge in [0.05, 0.1) is 6.42 Å². The second-order valence-electron chi connectivity index (χ2n) is 4.67. The molecule has 0 spiro atoms. The maximum Gasteiger partial charge on any atom is 0.231 e. The summed E-state index contributed by atoms with van der Waals surface area (Å²) in [6.07, 6.45) is 0.529. The maximum absolute atomic E-state index is 12.9. The highest BCUT2D eigenvalue weighted by molar-refractivity contribution is 5.53. The van der Waals surface area contributed by atoms with E-state index in [1.165, 1.54) is 12.1 Å². The summed E-state index contributed by atoms with van der Waals surface area (Å²) in [4.78, 5) is 4.34. The Hall–Kier alpha value is -2.53. The average molecular weight is 283 g/mol. The van der Waals surface area contributed by atoms with Gasteiger partial charge >= 0.3 is 0 Å². The molecule has 21 heavy (non-hydrogen) atoms. The van der Waals surface area contributed by atoms with Crippen molar-refractivity contribution in [2.75, 3.05) is 0 Å². The van der Waals surface area contributed by atoms with Crippen LogP contribution < -0.4 is 5.73 Å². The Balaban J connectivity index is 1.83. The van der Waals surface area contributed by atoms with Crippen molar-refractivity contribution in [2.24, 2.45) is 5.73 Å². The van der Waals surface area contributed by atoms with Gasteiger partial charge in [0, 0.05) is 12.1 Å². The molecule has 0 aliphatic rings. The molecule has 0 radical (unpaired) electrons. The van der Waals surface area contributed by atoms with Crippen molar-refractivity contribution in [2.45, 2.75) is 13.0 Å². The first-order valence-corrected chi connectivity index (χ1v) is 6.61. The van der Waals surface area contributed by atoms with Gasteiger partial charge in [0.1, 0.15) is 5.82 Å². The second-order valence-corrected chi connectivity index (χ2v) is 4.67. The van der Waals surface area contributed by atoms with Crippen LogP contribution in [0.5, 0.6) is 0 Å². The molecule has 0 unspecified atom stereocenters. The summed E-state index contributed by atoms with van der Waals surface area (Å²) in [6.45, 7) is 0.467. The third-order valence-corrected chi connectivity index (χ3v) is 3.25. The van der Waals surface area contributed by atoms with Crippen LogP contribution in [0, 0.1) is 5.82 Å². The van der Waals surface area contributed by atoms with Gasteiger partial charge in [-0.25, -0.2) is 4.39 Å². The van der Waals surface area contributed by atoms with Gasteiger partial charge in [0.2, 0.25) is 11.7 Å². The zero-order valence-electron chi connectivity index (χ0n) is 11.3. The second kappa shape index (κ2) is 5.85. The molecular formula is C16H14FN3O. The van der Waals surface area contributed by atoms with E-state index in [2.05, 4.69) is 10.1 Å². The minimum absolute atomic E-state index is 0.292. The monoisotopic (exact) mass is 283 g/mol. The molecule has 0 saturated carbocycles. The summed E-state index contributed by atoms with van der Waals surface area (Å²) in [5.74, 6) is 0.671. The van der Waals surface area contributed by atoms with Gasteiger partial charge in [-0.15, -0.1) is 0 Å². The van der Waals surface area contributed by atoms with Crippen LogP contribution >= 0.6 is 0 Å². The molecule has 1 heterocycles. The molecule has 5 heteroatoms. The summed E-state index contributed by atoms with van der Waals surface area (Å²) in [6, 6.07) is 13.9. The fourth-order valence-electron chi connectivity index (χ4n) is 2.13. The lowest BCUT2D eigenvalue weighted by atomic mass is 10.0. The van der Waals surface area contributed by atoms with Crippen LogP contribution in [0.4, 0.5) is 4.39 Å². The Bertz CT molecular complexity index is 737. The van der Waals surface area contributed by atoms with E-state index in [4.69, 9.17) is 10.3 Å². The molecule has 0 bridgehead atoms. The average Bonchev–Trinajstić information content (AvgIpc) is 2.97. The van der Waals surface area contributed by atoms with Gasteiger partial charge in [-0.3, -0.25) is 0 Å². The Morgan fingerprint density at radius 3 is 2.43 bits per heavy atom. The predicted molar refractivity (Wildman–Crippen MR) is 76.8 cm³/mol. The number of nitrogens with two attached hydrogens (primary N) is 1. The van der Waals surface area contributed by atoms with E-state index in [0.717, 1.165) is 16.7 Å². The molecule has 2 aromatic carbocycles. The van der Waals surface area contributed by atoms with Gasteiger partial charge in [0.15, 0.2) is 0 Å². The molecule has 3 rings (SSSR count). The first-order chi connectivity index (χ1) is 10.3. The number of benzene rings is 2. The fraction of sp³-hybridized carbons (Fsp3) is 0.125. The number of rotatable bonds is 4.